The molecular weight excluding hydrogens is 472 g/mol. The number of carbonyl (C=O) groups is 1. The van der Waals surface area contributed by atoms with Crippen LogP contribution in [0.4, 0.5) is 5.69 Å². The Labute approximate surface area is 177 Å². The maximum absolute atomic E-state index is 12.4. The number of halogens is 2. The summed E-state index contributed by atoms with van der Waals surface area (Å²) in [7, 11) is -2.29. The van der Waals surface area contributed by atoms with Crippen LogP contribution in [0, 0.1) is 0 Å². The van der Waals surface area contributed by atoms with Crippen LogP contribution in [0.15, 0.2) is 45.8 Å². The summed E-state index contributed by atoms with van der Waals surface area (Å²) in [5.74, 6) is 0.292. The first-order valence-electron chi connectivity index (χ1n) is 8.20. The average molecular weight is 492 g/mol. The topological polar surface area (TPSA) is 93.7 Å². The quantitative estimate of drug-likeness (QED) is 0.585. The lowest BCUT2D eigenvalue weighted by atomic mass is 10.3. The highest BCUT2D eigenvalue weighted by Crippen LogP contribution is 2.29. The predicted molar refractivity (Wildman–Crippen MR) is 112 cm³/mol. The highest BCUT2D eigenvalue weighted by molar-refractivity contribution is 9.10. The normalized spacial score (nSPS) is 11.4. The van der Waals surface area contributed by atoms with Crippen LogP contribution >= 0.6 is 27.5 Å². The molecule has 0 fully saturated rings. The molecule has 2 aromatic carbocycles. The van der Waals surface area contributed by atoms with Gasteiger partial charge in [0.2, 0.25) is 10.0 Å². The molecule has 10 heteroatoms. The van der Waals surface area contributed by atoms with E-state index in [1.165, 1.54) is 25.3 Å². The van der Waals surface area contributed by atoms with Gasteiger partial charge in [0, 0.05) is 11.1 Å². The fourth-order valence-corrected chi connectivity index (χ4v) is 4.33. The minimum atomic E-state index is -3.71. The summed E-state index contributed by atoms with van der Waals surface area (Å²) < 4.78 is 38.5. The molecule has 0 aromatic heterocycles. The molecule has 0 atom stereocenters. The zero-order chi connectivity index (χ0) is 20.9. The maximum Gasteiger partial charge on any atom is 0.262 e. The Bertz CT molecular complexity index is 966. The van der Waals surface area contributed by atoms with Crippen molar-refractivity contribution in [3.63, 3.8) is 0 Å². The average Bonchev–Trinajstić information content (AvgIpc) is 2.59. The molecule has 0 radical (unpaired) electrons. The molecule has 0 aliphatic carbocycles. The number of benzene rings is 2. The van der Waals surface area contributed by atoms with Crippen molar-refractivity contribution >= 4 is 49.1 Å². The first-order valence-corrected chi connectivity index (χ1v) is 10.9. The van der Waals surface area contributed by atoms with Crippen molar-refractivity contribution in [3.8, 4) is 11.5 Å². The highest BCUT2D eigenvalue weighted by atomic mass is 79.9. The molecule has 0 aliphatic heterocycles. The number of rotatable bonds is 8. The zero-order valence-corrected chi connectivity index (χ0v) is 18.6. The molecule has 28 heavy (non-hydrogen) atoms. The van der Waals surface area contributed by atoms with E-state index in [0.717, 1.165) is 0 Å². The summed E-state index contributed by atoms with van der Waals surface area (Å²) in [5, 5.41) is 3.13. The summed E-state index contributed by atoms with van der Waals surface area (Å²) in [6.45, 7) is 3.15. The van der Waals surface area contributed by atoms with Crippen LogP contribution in [0.1, 0.15) is 13.8 Å². The number of amides is 1. The number of methoxy groups -OCH3 is 1. The maximum atomic E-state index is 12.4. The Kier molecular flexibility index (Phi) is 7.70. The van der Waals surface area contributed by atoms with E-state index in [2.05, 4.69) is 26.0 Å². The van der Waals surface area contributed by atoms with Gasteiger partial charge in [-0.3, -0.25) is 4.79 Å². The zero-order valence-electron chi connectivity index (χ0n) is 15.5. The molecule has 7 nitrogen and oxygen atoms in total. The van der Waals surface area contributed by atoms with Gasteiger partial charge in [0.1, 0.15) is 11.5 Å². The van der Waals surface area contributed by atoms with Gasteiger partial charge in [-0.2, -0.15) is 0 Å². The second-order valence-corrected chi connectivity index (χ2v) is 9.05. The molecule has 0 heterocycles. The third kappa shape index (κ3) is 6.10. The van der Waals surface area contributed by atoms with Gasteiger partial charge in [-0.1, -0.05) is 11.6 Å². The van der Waals surface area contributed by atoms with Gasteiger partial charge in [-0.15, -0.1) is 0 Å². The molecule has 0 saturated heterocycles. The van der Waals surface area contributed by atoms with Crippen molar-refractivity contribution in [3.05, 3.63) is 45.9 Å². The van der Waals surface area contributed by atoms with E-state index in [-0.39, 0.29) is 23.2 Å². The molecule has 1 amide bonds. The van der Waals surface area contributed by atoms with E-state index in [0.29, 0.717) is 21.0 Å². The number of sulfonamides is 1. The van der Waals surface area contributed by atoms with Gasteiger partial charge in [0.05, 0.1) is 22.2 Å². The number of carbonyl (C=O) groups excluding carboxylic acids is 1. The van der Waals surface area contributed by atoms with Crippen molar-refractivity contribution in [1.29, 1.82) is 0 Å². The van der Waals surface area contributed by atoms with Crippen molar-refractivity contribution in [1.82, 2.24) is 4.72 Å². The molecule has 0 bridgehead atoms. The lowest BCUT2D eigenvalue weighted by Crippen LogP contribution is -2.30. The first-order chi connectivity index (χ1) is 13.1. The van der Waals surface area contributed by atoms with E-state index in [1.807, 2.05) is 0 Å². The fraction of sp³-hybridized carbons (Fsp3) is 0.278. The highest BCUT2D eigenvalue weighted by Gasteiger charge is 2.18. The Balaban J connectivity index is 2.15. The second-order valence-electron chi connectivity index (χ2n) is 6.05. The van der Waals surface area contributed by atoms with Crippen LogP contribution in [0.5, 0.6) is 11.5 Å². The molecule has 2 rings (SSSR count). The van der Waals surface area contributed by atoms with Crippen LogP contribution in [-0.4, -0.2) is 34.1 Å². The van der Waals surface area contributed by atoms with E-state index in [1.54, 1.807) is 32.0 Å². The standard InChI is InChI=1S/C18H20BrClN2O5S/c1-11(2)22-28(24,25)13-5-7-17(26-3)15(9-13)21-18(23)10-27-16-6-4-12(20)8-14(16)19/h4-9,11,22H,10H2,1-3H3,(H,21,23). The SMILES string of the molecule is COc1ccc(S(=O)(=O)NC(C)C)cc1NC(=O)COc1ccc(Cl)cc1Br. The second kappa shape index (κ2) is 9.60. The minimum Gasteiger partial charge on any atom is -0.495 e. The van der Waals surface area contributed by atoms with E-state index >= 15 is 0 Å². The summed E-state index contributed by atoms with van der Waals surface area (Å²) in [4.78, 5) is 12.3. The van der Waals surface area contributed by atoms with Gasteiger partial charge in [0.25, 0.3) is 5.91 Å². The smallest absolute Gasteiger partial charge is 0.262 e. The fourth-order valence-electron chi connectivity index (χ4n) is 2.25. The van der Waals surface area contributed by atoms with Crippen LogP contribution in [0.3, 0.4) is 0 Å². The molecule has 2 N–H and O–H groups in total. The molecule has 0 aliphatic rings. The van der Waals surface area contributed by atoms with Crippen LogP contribution < -0.4 is 19.5 Å². The lowest BCUT2D eigenvalue weighted by molar-refractivity contribution is -0.118. The molecular formula is C18H20BrClN2O5S. The minimum absolute atomic E-state index is 0.0127. The molecule has 2 aromatic rings. The third-order valence-corrected chi connectivity index (χ3v) is 5.91. The van der Waals surface area contributed by atoms with Crippen molar-refractivity contribution in [2.45, 2.75) is 24.8 Å². The van der Waals surface area contributed by atoms with Crippen molar-refractivity contribution in [2.24, 2.45) is 0 Å². The number of hydrogen-bond acceptors (Lipinski definition) is 5. The summed E-state index contributed by atoms with van der Waals surface area (Å²) in [6.07, 6.45) is 0. The van der Waals surface area contributed by atoms with Gasteiger partial charge in [-0.05, 0) is 66.2 Å². The van der Waals surface area contributed by atoms with Gasteiger partial charge < -0.3 is 14.8 Å². The molecule has 0 unspecified atom stereocenters. The van der Waals surface area contributed by atoms with Crippen LogP contribution in [-0.2, 0) is 14.8 Å². The Morgan fingerprint density at radius 1 is 1.18 bits per heavy atom. The number of ether oxygens (including phenoxy) is 2. The lowest BCUT2D eigenvalue weighted by Gasteiger charge is -2.14. The van der Waals surface area contributed by atoms with Crippen molar-refractivity contribution in [2.75, 3.05) is 19.0 Å². The molecule has 152 valence electrons. The van der Waals surface area contributed by atoms with Crippen molar-refractivity contribution < 1.29 is 22.7 Å². The van der Waals surface area contributed by atoms with E-state index < -0.39 is 15.9 Å². The summed E-state index contributed by atoms with van der Waals surface area (Å²) in [6, 6.07) is 8.86. The summed E-state index contributed by atoms with van der Waals surface area (Å²) >= 11 is 9.17. The summed E-state index contributed by atoms with van der Waals surface area (Å²) in [5.41, 5.74) is 0.220. The first kappa shape index (κ1) is 22.5. The third-order valence-electron chi connectivity index (χ3n) is 3.40. The number of nitrogens with one attached hydrogen (secondary N) is 2. The van der Waals surface area contributed by atoms with Gasteiger partial charge in [-0.25, -0.2) is 13.1 Å². The van der Waals surface area contributed by atoms with E-state index in [9.17, 15) is 13.2 Å². The molecule has 0 saturated carbocycles. The van der Waals surface area contributed by atoms with Crippen LogP contribution in [0.25, 0.3) is 0 Å². The predicted octanol–water partition coefficient (Wildman–Crippen LogP) is 3.82. The molecule has 0 spiro atoms. The van der Waals surface area contributed by atoms with Gasteiger partial charge >= 0.3 is 0 Å². The monoisotopic (exact) mass is 490 g/mol. The van der Waals surface area contributed by atoms with Gasteiger partial charge in [0.15, 0.2) is 6.61 Å². The largest absolute Gasteiger partial charge is 0.495 e. The number of anilines is 1. The Hall–Kier alpha value is -1.81. The Morgan fingerprint density at radius 2 is 1.86 bits per heavy atom. The number of hydrogen-bond donors (Lipinski definition) is 2. The van der Waals surface area contributed by atoms with E-state index in [4.69, 9.17) is 21.1 Å². The van der Waals surface area contributed by atoms with Crippen LogP contribution in [0.2, 0.25) is 5.02 Å². The Morgan fingerprint density at radius 3 is 2.46 bits per heavy atom.